The number of hydrogen-bond acceptors (Lipinski definition) is 4. The van der Waals surface area contributed by atoms with Crippen molar-refractivity contribution in [3.8, 4) is 5.75 Å². The molecule has 0 aromatic heterocycles. The quantitative estimate of drug-likeness (QED) is 0.725. The molecular formula is C25H31N3O4. The first-order valence-electron chi connectivity index (χ1n) is 10.9. The lowest BCUT2D eigenvalue weighted by atomic mass is 10.0. The molecule has 3 rings (SSSR count). The number of hydrogen-bond donors (Lipinski definition) is 2. The summed E-state index contributed by atoms with van der Waals surface area (Å²) in [5.41, 5.74) is 4.29. The van der Waals surface area contributed by atoms with Crippen molar-refractivity contribution in [2.45, 2.75) is 46.6 Å². The normalized spacial score (nSPS) is 14.1. The van der Waals surface area contributed by atoms with Gasteiger partial charge in [-0.1, -0.05) is 18.2 Å². The summed E-state index contributed by atoms with van der Waals surface area (Å²) in [5.74, 6) is 0.368. The van der Waals surface area contributed by atoms with Gasteiger partial charge in [0.05, 0.1) is 0 Å². The van der Waals surface area contributed by atoms with Crippen molar-refractivity contribution in [3.63, 3.8) is 0 Å². The molecule has 1 aliphatic rings. The summed E-state index contributed by atoms with van der Waals surface area (Å²) in [6, 6.07) is 10.9. The van der Waals surface area contributed by atoms with Crippen LogP contribution in [0.2, 0.25) is 0 Å². The van der Waals surface area contributed by atoms with E-state index in [2.05, 4.69) is 16.7 Å². The van der Waals surface area contributed by atoms with E-state index in [0.717, 1.165) is 22.4 Å². The third kappa shape index (κ3) is 5.87. The van der Waals surface area contributed by atoms with E-state index in [-0.39, 0.29) is 30.4 Å². The Morgan fingerprint density at radius 1 is 1.03 bits per heavy atom. The summed E-state index contributed by atoms with van der Waals surface area (Å²) in [6.45, 7) is 8.59. The fourth-order valence-electron chi connectivity index (χ4n) is 3.86. The van der Waals surface area contributed by atoms with Gasteiger partial charge in [0, 0.05) is 37.3 Å². The molecule has 0 aliphatic carbocycles. The maximum absolute atomic E-state index is 12.6. The van der Waals surface area contributed by atoms with Crippen molar-refractivity contribution in [1.82, 2.24) is 10.2 Å². The standard InChI is InChI=1S/C25H31N3O4/c1-16-8-9-17(2)24(18(16)3)32-15-23(30)28-12-10-21(11-13-28)27-25(31)20-6-5-7-22(14-20)26-19(4)29/h5-9,14,21H,10-13,15H2,1-4H3,(H,26,29)(H,27,31). The van der Waals surface area contributed by atoms with Gasteiger partial charge >= 0.3 is 0 Å². The first kappa shape index (κ1) is 23.3. The summed E-state index contributed by atoms with van der Waals surface area (Å²) in [5, 5.41) is 5.71. The van der Waals surface area contributed by atoms with Crippen molar-refractivity contribution in [1.29, 1.82) is 0 Å². The molecule has 7 heteroatoms. The van der Waals surface area contributed by atoms with Gasteiger partial charge in [0.2, 0.25) is 5.91 Å². The van der Waals surface area contributed by atoms with Gasteiger partial charge in [-0.2, -0.15) is 0 Å². The molecule has 1 aliphatic heterocycles. The number of amides is 3. The summed E-state index contributed by atoms with van der Waals surface area (Å²) >= 11 is 0. The Hall–Kier alpha value is -3.35. The van der Waals surface area contributed by atoms with Crippen molar-refractivity contribution in [2.24, 2.45) is 0 Å². The Morgan fingerprint density at radius 3 is 2.41 bits per heavy atom. The van der Waals surface area contributed by atoms with E-state index in [1.807, 2.05) is 26.8 Å². The number of rotatable bonds is 6. The number of likely N-dealkylation sites (tertiary alicyclic amines) is 1. The van der Waals surface area contributed by atoms with Gasteiger partial charge in [-0.15, -0.1) is 0 Å². The van der Waals surface area contributed by atoms with Crippen molar-refractivity contribution < 1.29 is 19.1 Å². The molecule has 2 aromatic carbocycles. The topological polar surface area (TPSA) is 87.7 Å². The number of piperidine rings is 1. The number of anilines is 1. The predicted molar refractivity (Wildman–Crippen MR) is 124 cm³/mol. The van der Waals surface area contributed by atoms with Crippen LogP contribution >= 0.6 is 0 Å². The van der Waals surface area contributed by atoms with Crippen LogP contribution in [0.25, 0.3) is 0 Å². The van der Waals surface area contributed by atoms with Crippen molar-refractivity contribution in [2.75, 3.05) is 25.0 Å². The number of ether oxygens (including phenoxy) is 1. The van der Waals surface area contributed by atoms with Crippen LogP contribution in [0.4, 0.5) is 5.69 Å². The molecule has 1 fully saturated rings. The third-order valence-corrected chi connectivity index (χ3v) is 5.84. The van der Waals surface area contributed by atoms with E-state index in [0.29, 0.717) is 37.2 Å². The molecule has 170 valence electrons. The smallest absolute Gasteiger partial charge is 0.260 e. The lowest BCUT2D eigenvalue weighted by molar-refractivity contribution is -0.134. The van der Waals surface area contributed by atoms with Crippen LogP contribution in [0, 0.1) is 20.8 Å². The highest BCUT2D eigenvalue weighted by molar-refractivity contribution is 5.97. The van der Waals surface area contributed by atoms with Crippen molar-refractivity contribution >= 4 is 23.4 Å². The zero-order valence-corrected chi connectivity index (χ0v) is 19.2. The first-order chi connectivity index (χ1) is 15.2. The second kappa shape index (κ2) is 10.3. The Balaban J connectivity index is 1.49. The molecule has 32 heavy (non-hydrogen) atoms. The molecule has 1 saturated heterocycles. The van der Waals surface area contributed by atoms with Gasteiger partial charge in [0.25, 0.3) is 11.8 Å². The molecule has 0 atom stereocenters. The highest BCUT2D eigenvalue weighted by Gasteiger charge is 2.25. The molecule has 0 bridgehead atoms. The molecule has 1 heterocycles. The van der Waals surface area contributed by atoms with Gasteiger partial charge in [-0.05, 0) is 68.5 Å². The molecule has 0 radical (unpaired) electrons. The van der Waals surface area contributed by atoms with Crippen LogP contribution < -0.4 is 15.4 Å². The van der Waals surface area contributed by atoms with Gasteiger partial charge in [-0.25, -0.2) is 0 Å². The van der Waals surface area contributed by atoms with Crippen LogP contribution in [0.15, 0.2) is 36.4 Å². The lowest BCUT2D eigenvalue weighted by Gasteiger charge is -2.32. The van der Waals surface area contributed by atoms with E-state index in [9.17, 15) is 14.4 Å². The Labute approximate surface area is 189 Å². The van der Waals surface area contributed by atoms with Crippen LogP contribution in [0.5, 0.6) is 5.75 Å². The molecule has 3 amide bonds. The molecule has 0 unspecified atom stereocenters. The molecule has 2 aromatic rings. The van der Waals surface area contributed by atoms with Crippen LogP contribution in [0.1, 0.15) is 46.8 Å². The van der Waals surface area contributed by atoms with Crippen LogP contribution in [-0.2, 0) is 9.59 Å². The molecule has 0 saturated carbocycles. The molecule has 2 N–H and O–H groups in total. The van der Waals surface area contributed by atoms with E-state index in [1.54, 1.807) is 29.2 Å². The minimum Gasteiger partial charge on any atom is -0.483 e. The van der Waals surface area contributed by atoms with E-state index >= 15 is 0 Å². The SMILES string of the molecule is CC(=O)Nc1cccc(C(=O)NC2CCN(C(=O)COc3c(C)ccc(C)c3C)CC2)c1. The number of nitrogens with one attached hydrogen (secondary N) is 2. The Bertz CT molecular complexity index is 1010. The van der Waals surface area contributed by atoms with Gasteiger partial charge in [0.1, 0.15) is 5.75 Å². The maximum Gasteiger partial charge on any atom is 0.260 e. The highest BCUT2D eigenvalue weighted by Crippen LogP contribution is 2.26. The van der Waals surface area contributed by atoms with Crippen LogP contribution in [-0.4, -0.2) is 48.4 Å². The summed E-state index contributed by atoms with van der Waals surface area (Å²) in [6.07, 6.45) is 1.37. The fourth-order valence-corrected chi connectivity index (χ4v) is 3.86. The van der Waals surface area contributed by atoms with E-state index in [1.165, 1.54) is 6.92 Å². The fraction of sp³-hybridized carbons (Fsp3) is 0.400. The average molecular weight is 438 g/mol. The van der Waals surface area contributed by atoms with E-state index in [4.69, 9.17) is 4.74 Å². The largest absolute Gasteiger partial charge is 0.483 e. The number of benzene rings is 2. The third-order valence-electron chi connectivity index (χ3n) is 5.84. The zero-order valence-electron chi connectivity index (χ0n) is 19.2. The monoisotopic (exact) mass is 437 g/mol. The number of nitrogens with zero attached hydrogens (tertiary/aromatic N) is 1. The number of carbonyl (C=O) groups excluding carboxylic acids is 3. The maximum atomic E-state index is 12.6. The zero-order chi connectivity index (χ0) is 23.3. The second-order valence-corrected chi connectivity index (χ2v) is 8.33. The summed E-state index contributed by atoms with van der Waals surface area (Å²) < 4.78 is 5.86. The van der Waals surface area contributed by atoms with Crippen molar-refractivity contribution in [3.05, 3.63) is 58.7 Å². The highest BCUT2D eigenvalue weighted by atomic mass is 16.5. The minimum absolute atomic E-state index is 0.00171. The molecule has 7 nitrogen and oxygen atoms in total. The molecular weight excluding hydrogens is 406 g/mol. The van der Waals surface area contributed by atoms with Gasteiger partial charge in [0.15, 0.2) is 6.61 Å². The summed E-state index contributed by atoms with van der Waals surface area (Å²) in [7, 11) is 0. The second-order valence-electron chi connectivity index (χ2n) is 8.33. The summed E-state index contributed by atoms with van der Waals surface area (Å²) in [4.78, 5) is 38.2. The predicted octanol–water partition coefficient (Wildman–Crippen LogP) is 3.37. The molecule has 0 spiro atoms. The van der Waals surface area contributed by atoms with E-state index < -0.39 is 0 Å². The van der Waals surface area contributed by atoms with Gasteiger partial charge < -0.3 is 20.3 Å². The van der Waals surface area contributed by atoms with Crippen LogP contribution in [0.3, 0.4) is 0 Å². The number of aryl methyl sites for hydroxylation is 2. The average Bonchev–Trinajstić information content (AvgIpc) is 2.76. The minimum atomic E-state index is -0.185. The Morgan fingerprint density at radius 2 is 1.72 bits per heavy atom. The number of carbonyl (C=O) groups is 3. The Kier molecular flexibility index (Phi) is 7.51. The van der Waals surface area contributed by atoms with Gasteiger partial charge in [-0.3, -0.25) is 14.4 Å². The first-order valence-corrected chi connectivity index (χ1v) is 10.9. The lowest BCUT2D eigenvalue weighted by Crippen LogP contribution is -2.47.